The second-order valence-electron chi connectivity index (χ2n) is 9.03. The smallest absolute Gasteiger partial charge is 0.407 e. The maximum Gasteiger partial charge on any atom is 0.407 e. The fraction of sp³-hybridized carbons (Fsp3) is 0.423. The van der Waals surface area contributed by atoms with Gasteiger partial charge in [0.15, 0.2) is 0 Å². The van der Waals surface area contributed by atoms with E-state index in [0.29, 0.717) is 32.1 Å². The molecule has 3 N–H and O–H groups in total. The van der Waals surface area contributed by atoms with E-state index in [1.165, 1.54) is 22.3 Å². The number of alkyl carbamates (subject to hydrolysis) is 1. The van der Waals surface area contributed by atoms with Crippen molar-refractivity contribution in [1.82, 2.24) is 10.6 Å². The van der Waals surface area contributed by atoms with E-state index in [9.17, 15) is 14.4 Å². The van der Waals surface area contributed by atoms with Crippen molar-refractivity contribution < 1.29 is 24.2 Å². The molecule has 0 heterocycles. The van der Waals surface area contributed by atoms with Crippen LogP contribution in [0.15, 0.2) is 48.5 Å². The van der Waals surface area contributed by atoms with Crippen molar-refractivity contribution in [2.45, 2.75) is 57.0 Å². The largest absolute Gasteiger partial charge is 0.481 e. The molecule has 1 atom stereocenters. The van der Waals surface area contributed by atoms with Gasteiger partial charge in [-0.05, 0) is 54.9 Å². The minimum atomic E-state index is -0.798. The van der Waals surface area contributed by atoms with E-state index < -0.39 is 12.1 Å². The number of amides is 2. The summed E-state index contributed by atoms with van der Waals surface area (Å²) in [7, 11) is 0. The van der Waals surface area contributed by atoms with Crippen LogP contribution in [-0.4, -0.2) is 41.8 Å². The summed E-state index contributed by atoms with van der Waals surface area (Å²) in [5.74, 6) is -1.18. The van der Waals surface area contributed by atoms with Crippen LogP contribution in [0.25, 0.3) is 11.1 Å². The van der Waals surface area contributed by atoms with Crippen molar-refractivity contribution in [3.8, 4) is 11.1 Å². The molecule has 2 aromatic carbocycles. The van der Waals surface area contributed by atoms with Crippen LogP contribution in [0, 0.1) is 5.92 Å². The predicted octanol–water partition coefficient (Wildman–Crippen LogP) is 4.06. The molecule has 2 aromatic rings. The summed E-state index contributed by atoms with van der Waals surface area (Å²) in [6, 6.07) is 16.3. The van der Waals surface area contributed by atoms with Crippen LogP contribution in [-0.2, 0) is 14.3 Å². The number of carbonyl (C=O) groups is 3. The Bertz CT molecular complexity index is 985. The zero-order chi connectivity index (χ0) is 23.4. The number of fused-ring (bicyclic) bond motifs is 3. The standard InChI is InChI=1S/C26H30N2O5/c1-16(7-6-12-24(29)28-18-13-17(14-18)25(30)31)27-26(32)33-15-23-21-10-4-2-8-19(21)20-9-3-5-11-22(20)23/h2-5,8-11,16-18,23H,6-7,12-15H2,1H3,(H,27,32)(H,28,29)(H,30,31). The van der Waals surface area contributed by atoms with Crippen LogP contribution in [0.1, 0.15) is 56.1 Å². The number of hydrogen-bond acceptors (Lipinski definition) is 4. The van der Waals surface area contributed by atoms with E-state index in [-0.39, 0.29) is 36.4 Å². The minimum absolute atomic E-state index is 0.0226. The molecule has 4 rings (SSSR count). The fourth-order valence-electron chi connectivity index (χ4n) is 4.72. The van der Waals surface area contributed by atoms with Crippen LogP contribution < -0.4 is 10.6 Å². The lowest BCUT2D eigenvalue weighted by molar-refractivity contribution is -0.146. The second kappa shape index (κ2) is 10.1. The van der Waals surface area contributed by atoms with Gasteiger partial charge in [0, 0.05) is 24.4 Å². The maximum absolute atomic E-state index is 12.3. The Morgan fingerprint density at radius 3 is 2.24 bits per heavy atom. The third kappa shape index (κ3) is 5.35. The molecule has 1 fully saturated rings. The van der Waals surface area contributed by atoms with Crippen LogP contribution in [0.2, 0.25) is 0 Å². The number of carbonyl (C=O) groups excluding carboxylic acids is 2. The first-order valence-corrected chi connectivity index (χ1v) is 11.6. The Kier molecular flexibility index (Phi) is 6.96. The molecule has 2 amide bonds. The molecule has 1 unspecified atom stereocenters. The topological polar surface area (TPSA) is 105 Å². The first kappa shape index (κ1) is 22.8. The summed E-state index contributed by atoms with van der Waals surface area (Å²) in [4.78, 5) is 35.2. The average Bonchev–Trinajstić information content (AvgIpc) is 3.08. The molecule has 0 aromatic heterocycles. The van der Waals surface area contributed by atoms with E-state index in [1.54, 1.807) is 0 Å². The molecule has 0 radical (unpaired) electrons. The van der Waals surface area contributed by atoms with Crippen LogP contribution in [0.5, 0.6) is 0 Å². The van der Waals surface area contributed by atoms with Gasteiger partial charge in [-0.3, -0.25) is 9.59 Å². The number of ether oxygens (including phenoxy) is 1. The predicted molar refractivity (Wildman–Crippen MR) is 124 cm³/mol. The molecule has 2 aliphatic carbocycles. The highest BCUT2D eigenvalue weighted by atomic mass is 16.5. The lowest BCUT2D eigenvalue weighted by atomic mass is 9.80. The molecule has 7 nitrogen and oxygen atoms in total. The summed E-state index contributed by atoms with van der Waals surface area (Å²) in [6.07, 6.45) is 2.18. The Hall–Kier alpha value is -3.35. The maximum atomic E-state index is 12.3. The van der Waals surface area contributed by atoms with Gasteiger partial charge < -0.3 is 20.5 Å². The van der Waals surface area contributed by atoms with Gasteiger partial charge in [-0.15, -0.1) is 0 Å². The summed E-state index contributed by atoms with van der Waals surface area (Å²) < 4.78 is 5.56. The molecule has 7 heteroatoms. The third-order valence-electron chi connectivity index (χ3n) is 6.60. The van der Waals surface area contributed by atoms with Crippen molar-refractivity contribution >= 4 is 18.0 Å². The van der Waals surface area contributed by atoms with Gasteiger partial charge >= 0.3 is 12.1 Å². The number of carboxylic acids is 1. The molecule has 174 valence electrons. The second-order valence-corrected chi connectivity index (χ2v) is 9.03. The van der Waals surface area contributed by atoms with Crippen molar-refractivity contribution in [3.63, 3.8) is 0 Å². The normalized spacial score (nSPS) is 19.5. The van der Waals surface area contributed by atoms with E-state index in [2.05, 4.69) is 34.9 Å². The lowest BCUT2D eigenvalue weighted by Gasteiger charge is -2.32. The number of benzene rings is 2. The molecule has 1 saturated carbocycles. The highest BCUT2D eigenvalue weighted by molar-refractivity contribution is 5.79. The van der Waals surface area contributed by atoms with E-state index in [0.717, 1.165) is 0 Å². The SMILES string of the molecule is CC(CCCC(=O)NC1CC(C(=O)O)C1)NC(=O)OCC1c2ccccc2-c2ccccc21. The van der Waals surface area contributed by atoms with E-state index in [1.807, 2.05) is 31.2 Å². The first-order chi connectivity index (χ1) is 15.9. The molecule has 0 aliphatic heterocycles. The molecule has 33 heavy (non-hydrogen) atoms. The molecular weight excluding hydrogens is 420 g/mol. The lowest BCUT2D eigenvalue weighted by Crippen LogP contribution is -2.46. The van der Waals surface area contributed by atoms with Crippen LogP contribution >= 0.6 is 0 Å². The van der Waals surface area contributed by atoms with Gasteiger partial charge in [0.25, 0.3) is 0 Å². The van der Waals surface area contributed by atoms with Crippen LogP contribution in [0.3, 0.4) is 0 Å². The van der Waals surface area contributed by atoms with Gasteiger partial charge in [-0.2, -0.15) is 0 Å². The number of aliphatic carboxylic acids is 1. The molecule has 0 saturated heterocycles. The number of hydrogen-bond donors (Lipinski definition) is 3. The Morgan fingerprint density at radius 1 is 1.03 bits per heavy atom. The van der Waals surface area contributed by atoms with Crippen molar-refractivity contribution in [2.24, 2.45) is 5.92 Å². The van der Waals surface area contributed by atoms with Gasteiger partial charge in [0.1, 0.15) is 6.61 Å². The van der Waals surface area contributed by atoms with Crippen molar-refractivity contribution in [3.05, 3.63) is 59.7 Å². The van der Waals surface area contributed by atoms with Gasteiger partial charge in [-0.1, -0.05) is 48.5 Å². The number of carboxylic acid groups (broad SMARTS) is 1. The highest BCUT2D eigenvalue weighted by Crippen LogP contribution is 2.44. The quantitative estimate of drug-likeness (QED) is 0.534. The Morgan fingerprint density at radius 2 is 1.64 bits per heavy atom. The zero-order valence-corrected chi connectivity index (χ0v) is 18.8. The Balaban J connectivity index is 1.17. The third-order valence-corrected chi connectivity index (χ3v) is 6.60. The average molecular weight is 451 g/mol. The van der Waals surface area contributed by atoms with Crippen molar-refractivity contribution in [2.75, 3.05) is 6.61 Å². The summed E-state index contributed by atoms with van der Waals surface area (Å²) in [5, 5.41) is 14.6. The van der Waals surface area contributed by atoms with Gasteiger partial charge in [0.2, 0.25) is 5.91 Å². The van der Waals surface area contributed by atoms with Crippen molar-refractivity contribution in [1.29, 1.82) is 0 Å². The molecule has 0 bridgehead atoms. The fourth-order valence-corrected chi connectivity index (χ4v) is 4.72. The molecule has 0 spiro atoms. The van der Waals surface area contributed by atoms with E-state index >= 15 is 0 Å². The number of rotatable bonds is 9. The molecular formula is C26H30N2O5. The minimum Gasteiger partial charge on any atom is -0.481 e. The monoisotopic (exact) mass is 450 g/mol. The number of nitrogens with one attached hydrogen (secondary N) is 2. The van der Waals surface area contributed by atoms with Gasteiger partial charge in [0.05, 0.1) is 5.92 Å². The zero-order valence-electron chi connectivity index (χ0n) is 18.8. The highest BCUT2D eigenvalue weighted by Gasteiger charge is 2.35. The Labute approximate surface area is 193 Å². The van der Waals surface area contributed by atoms with E-state index in [4.69, 9.17) is 9.84 Å². The summed E-state index contributed by atoms with van der Waals surface area (Å²) >= 11 is 0. The first-order valence-electron chi connectivity index (χ1n) is 11.6. The summed E-state index contributed by atoms with van der Waals surface area (Å²) in [5.41, 5.74) is 4.72. The van der Waals surface area contributed by atoms with Crippen LogP contribution in [0.4, 0.5) is 4.79 Å². The summed E-state index contributed by atoms with van der Waals surface area (Å²) in [6.45, 7) is 2.16. The molecule has 2 aliphatic rings. The van der Waals surface area contributed by atoms with Gasteiger partial charge in [-0.25, -0.2) is 4.79 Å².